The molecule has 1 aromatic heterocycles. The minimum Gasteiger partial charge on any atom is -0.422 e. The second kappa shape index (κ2) is 9.08. The molecular formula is C23H22INO7. The van der Waals surface area contributed by atoms with Crippen molar-refractivity contribution in [2.75, 3.05) is 19.0 Å². The maximum atomic E-state index is 11.9. The highest BCUT2D eigenvalue weighted by Crippen LogP contribution is 2.35. The number of aliphatic hydroxyl groups excluding tert-OH is 1. The van der Waals surface area contributed by atoms with Crippen LogP contribution in [0.5, 0.6) is 0 Å². The second-order valence-corrected chi connectivity index (χ2v) is 8.91. The Hall–Kier alpha value is -2.02. The maximum absolute atomic E-state index is 11.9. The lowest BCUT2D eigenvalue weighted by atomic mass is 9.95. The van der Waals surface area contributed by atoms with Crippen LogP contribution in [0.15, 0.2) is 63.8 Å². The third-order valence-corrected chi connectivity index (χ3v) is 6.45. The number of hydrogen-bond acceptors (Lipinski definition) is 8. The molecule has 4 unspecified atom stereocenters. The van der Waals surface area contributed by atoms with Gasteiger partial charge in [-0.15, -0.1) is 0 Å². The highest BCUT2D eigenvalue weighted by Gasteiger charge is 2.49. The molecule has 0 amide bonds. The van der Waals surface area contributed by atoms with E-state index in [9.17, 15) is 9.90 Å². The zero-order valence-corrected chi connectivity index (χ0v) is 19.3. The van der Waals surface area contributed by atoms with Crippen LogP contribution in [0.1, 0.15) is 11.9 Å². The predicted molar refractivity (Wildman–Crippen MR) is 124 cm³/mol. The van der Waals surface area contributed by atoms with Crippen molar-refractivity contribution in [2.24, 2.45) is 0 Å². The Morgan fingerprint density at radius 2 is 1.94 bits per heavy atom. The Morgan fingerprint density at radius 3 is 2.72 bits per heavy atom. The number of hydrogen-bond donors (Lipinski definition) is 2. The minimum absolute atomic E-state index is 0.271. The summed E-state index contributed by atoms with van der Waals surface area (Å²) in [7, 11) is 1.52. The number of methoxy groups -OCH3 is 1. The summed E-state index contributed by atoms with van der Waals surface area (Å²) in [5.41, 5.74) is 1.58. The fraction of sp³-hybridized carbons (Fsp3) is 0.348. The van der Waals surface area contributed by atoms with Crippen LogP contribution in [0.3, 0.4) is 0 Å². The molecule has 8 nitrogen and oxygen atoms in total. The van der Waals surface area contributed by atoms with Crippen molar-refractivity contribution in [3.63, 3.8) is 0 Å². The van der Waals surface area contributed by atoms with Crippen molar-refractivity contribution in [2.45, 2.75) is 36.9 Å². The van der Waals surface area contributed by atoms with Gasteiger partial charge in [0.15, 0.2) is 12.6 Å². The second-order valence-electron chi connectivity index (χ2n) is 7.75. The Bertz CT molecular complexity index is 1150. The van der Waals surface area contributed by atoms with Crippen molar-refractivity contribution in [1.29, 1.82) is 0 Å². The summed E-state index contributed by atoms with van der Waals surface area (Å²) in [4.78, 5) is 11.9. The first-order valence-corrected chi connectivity index (χ1v) is 11.3. The molecule has 6 atom stereocenters. The molecule has 32 heavy (non-hydrogen) atoms. The minimum atomic E-state index is -0.937. The Morgan fingerprint density at radius 1 is 1.12 bits per heavy atom. The van der Waals surface area contributed by atoms with Crippen molar-refractivity contribution in [3.05, 3.63) is 74.2 Å². The van der Waals surface area contributed by atoms with Gasteiger partial charge in [0.2, 0.25) is 0 Å². The first-order chi connectivity index (χ1) is 15.5. The molecule has 0 spiro atoms. The van der Waals surface area contributed by atoms with E-state index in [0.29, 0.717) is 14.8 Å². The van der Waals surface area contributed by atoms with Crippen LogP contribution in [0.2, 0.25) is 0 Å². The van der Waals surface area contributed by atoms with E-state index < -0.39 is 42.6 Å². The van der Waals surface area contributed by atoms with Gasteiger partial charge in [0.1, 0.15) is 29.9 Å². The molecule has 3 aromatic rings. The van der Waals surface area contributed by atoms with Gasteiger partial charge in [0, 0.05) is 29.8 Å². The molecule has 2 saturated heterocycles. The number of benzene rings is 2. The quantitative estimate of drug-likeness (QED) is 0.378. The lowest BCUT2D eigenvalue weighted by Crippen LogP contribution is -2.64. The van der Waals surface area contributed by atoms with Gasteiger partial charge in [-0.3, -0.25) is 0 Å². The summed E-state index contributed by atoms with van der Waals surface area (Å²) in [6.07, 6.45) is -3.34. The Balaban J connectivity index is 1.39. The molecule has 0 aliphatic carbocycles. The lowest BCUT2D eigenvalue weighted by Gasteiger charge is -2.47. The van der Waals surface area contributed by atoms with Gasteiger partial charge >= 0.3 is 5.63 Å². The summed E-state index contributed by atoms with van der Waals surface area (Å²) in [5, 5.41) is 15.3. The van der Waals surface area contributed by atoms with Gasteiger partial charge in [-0.2, -0.15) is 0 Å². The topological polar surface area (TPSA) is 99.4 Å². The van der Waals surface area contributed by atoms with E-state index in [-0.39, 0.29) is 6.61 Å². The van der Waals surface area contributed by atoms with Crippen LogP contribution in [0.25, 0.3) is 11.0 Å². The monoisotopic (exact) mass is 551 g/mol. The zero-order valence-electron chi connectivity index (χ0n) is 17.1. The van der Waals surface area contributed by atoms with E-state index in [2.05, 4.69) is 5.32 Å². The molecule has 2 fully saturated rings. The van der Waals surface area contributed by atoms with E-state index >= 15 is 0 Å². The van der Waals surface area contributed by atoms with Crippen LogP contribution < -0.4 is 10.9 Å². The summed E-state index contributed by atoms with van der Waals surface area (Å²) < 4.78 is 29.3. The summed E-state index contributed by atoms with van der Waals surface area (Å²) in [5.74, 6) is 0. The van der Waals surface area contributed by atoms with Crippen molar-refractivity contribution in [3.8, 4) is 0 Å². The van der Waals surface area contributed by atoms with Gasteiger partial charge in [-0.25, -0.2) is 4.79 Å². The number of ether oxygens (including phenoxy) is 4. The molecule has 2 aliphatic heterocycles. The number of fused-ring (bicyclic) bond motifs is 2. The predicted octanol–water partition coefficient (Wildman–Crippen LogP) is 3.02. The SMILES string of the molecule is CO[C@H]1OC2COC(c3ccccc3)O[C@H]2C(O)C1Nc1ccc2cc(I)c(=O)oc2c1. The van der Waals surface area contributed by atoms with E-state index in [0.717, 1.165) is 10.9 Å². The smallest absolute Gasteiger partial charge is 0.349 e. The maximum Gasteiger partial charge on any atom is 0.349 e. The van der Waals surface area contributed by atoms with Gasteiger partial charge in [-0.1, -0.05) is 30.3 Å². The van der Waals surface area contributed by atoms with Crippen LogP contribution in [0.4, 0.5) is 5.69 Å². The molecule has 5 rings (SSSR count). The van der Waals surface area contributed by atoms with Crippen LogP contribution in [-0.4, -0.2) is 49.5 Å². The highest BCUT2D eigenvalue weighted by molar-refractivity contribution is 14.1. The zero-order chi connectivity index (χ0) is 22.2. The first kappa shape index (κ1) is 21.8. The highest BCUT2D eigenvalue weighted by atomic mass is 127. The molecule has 0 bridgehead atoms. The van der Waals surface area contributed by atoms with Crippen molar-refractivity contribution in [1.82, 2.24) is 0 Å². The molecule has 2 N–H and O–H groups in total. The first-order valence-electron chi connectivity index (χ1n) is 10.2. The van der Waals surface area contributed by atoms with Crippen molar-refractivity contribution < 1.29 is 28.5 Å². The normalized spacial score (nSPS) is 30.1. The summed E-state index contributed by atoms with van der Waals surface area (Å²) in [6.45, 7) is 0.271. The Labute approximate surface area is 197 Å². The molecular weight excluding hydrogens is 529 g/mol. The van der Waals surface area contributed by atoms with E-state index in [1.54, 1.807) is 12.1 Å². The lowest BCUT2D eigenvalue weighted by molar-refractivity contribution is -0.337. The average molecular weight is 551 g/mol. The fourth-order valence-corrected chi connectivity index (χ4v) is 4.54. The third kappa shape index (κ3) is 4.16. The van der Waals surface area contributed by atoms with E-state index in [4.69, 9.17) is 23.4 Å². The number of nitrogens with one attached hydrogen (secondary N) is 1. The van der Waals surface area contributed by atoms with E-state index in [1.165, 1.54) is 7.11 Å². The molecule has 0 radical (unpaired) electrons. The molecule has 2 aliphatic rings. The summed E-state index contributed by atoms with van der Waals surface area (Å²) >= 11 is 1.95. The Kier molecular flexibility index (Phi) is 6.19. The summed E-state index contributed by atoms with van der Waals surface area (Å²) in [6, 6.07) is 16.1. The molecule has 0 saturated carbocycles. The van der Waals surface area contributed by atoms with Gasteiger partial charge < -0.3 is 33.8 Å². The fourth-order valence-electron chi connectivity index (χ4n) is 4.09. The largest absolute Gasteiger partial charge is 0.422 e. The van der Waals surface area contributed by atoms with Crippen LogP contribution in [0, 0.1) is 3.57 Å². The average Bonchev–Trinajstić information content (AvgIpc) is 2.82. The molecule has 9 heteroatoms. The van der Waals surface area contributed by atoms with E-state index in [1.807, 2.05) is 65.1 Å². The van der Waals surface area contributed by atoms with Gasteiger partial charge in [0.05, 0.1) is 10.2 Å². The number of aliphatic hydroxyl groups is 1. The third-order valence-electron chi connectivity index (χ3n) is 5.70. The number of halogens is 1. The van der Waals surface area contributed by atoms with Crippen molar-refractivity contribution >= 4 is 39.2 Å². The molecule has 2 aromatic carbocycles. The van der Waals surface area contributed by atoms with Crippen LogP contribution >= 0.6 is 22.6 Å². The molecule has 168 valence electrons. The standard InChI is InChI=1S/C23H22INO7/c1-28-23-18(25-14-8-7-13-9-15(24)21(27)30-16(13)10-14)19(26)20-17(31-23)11-29-22(32-20)12-5-3-2-4-6-12/h2-10,17-20,22-23,25-26H,11H2,1H3/t17?,18?,19?,20-,22?,23+/m1/s1. The number of rotatable bonds is 4. The van der Waals surface area contributed by atoms with Gasteiger partial charge in [-0.05, 0) is 40.8 Å². The van der Waals surface area contributed by atoms with Gasteiger partial charge in [0.25, 0.3) is 0 Å². The molecule has 3 heterocycles. The number of anilines is 1. The van der Waals surface area contributed by atoms with Crippen LogP contribution in [-0.2, 0) is 18.9 Å².